The van der Waals surface area contributed by atoms with Gasteiger partial charge in [0.2, 0.25) is 5.91 Å². The Bertz CT molecular complexity index is 546. The highest BCUT2D eigenvalue weighted by Crippen LogP contribution is 2.31. The minimum absolute atomic E-state index is 0.0228. The number of hydrogen-bond acceptors (Lipinski definition) is 3. The van der Waals surface area contributed by atoms with Crippen LogP contribution in [-0.4, -0.2) is 47.7 Å². The number of halogens is 1. The Morgan fingerprint density at radius 3 is 2.64 bits per heavy atom. The fourth-order valence-corrected chi connectivity index (χ4v) is 3.08. The number of methoxy groups -OCH3 is 1. The first-order valence-corrected chi connectivity index (χ1v) is 7.64. The summed E-state index contributed by atoms with van der Waals surface area (Å²) in [6.45, 7) is 0.490. The third-order valence-corrected chi connectivity index (χ3v) is 4.36. The number of carbonyl (C=O) groups is 2. The van der Waals surface area contributed by atoms with E-state index < -0.39 is 11.5 Å². The van der Waals surface area contributed by atoms with Crippen LogP contribution >= 0.6 is 11.6 Å². The first-order chi connectivity index (χ1) is 10.5. The number of hydrogen-bond donors (Lipinski definition) is 1. The summed E-state index contributed by atoms with van der Waals surface area (Å²) in [5.41, 5.74) is -0.212. The van der Waals surface area contributed by atoms with Crippen LogP contribution in [0.2, 0.25) is 5.02 Å². The van der Waals surface area contributed by atoms with Gasteiger partial charge in [0, 0.05) is 25.1 Å². The molecule has 1 saturated heterocycles. The second-order valence-corrected chi connectivity index (χ2v) is 5.98. The van der Waals surface area contributed by atoms with Crippen LogP contribution in [0.25, 0.3) is 0 Å². The van der Waals surface area contributed by atoms with Gasteiger partial charge in [0.05, 0.1) is 6.61 Å². The second kappa shape index (κ2) is 7.11. The van der Waals surface area contributed by atoms with E-state index in [1.807, 2.05) is 12.1 Å². The summed E-state index contributed by atoms with van der Waals surface area (Å²) in [5, 5.41) is 10.2. The Kier molecular flexibility index (Phi) is 5.42. The van der Waals surface area contributed by atoms with Crippen molar-refractivity contribution in [1.82, 2.24) is 4.90 Å². The molecular weight excluding hydrogens is 306 g/mol. The molecule has 1 heterocycles. The van der Waals surface area contributed by atoms with Crippen molar-refractivity contribution in [3.63, 3.8) is 0 Å². The number of carbonyl (C=O) groups excluding carboxylic acids is 1. The van der Waals surface area contributed by atoms with E-state index in [2.05, 4.69) is 0 Å². The summed E-state index contributed by atoms with van der Waals surface area (Å²) < 4.78 is 5.06. The standard InChI is InChI=1S/C16H20ClNO4/c1-22-11-16(15(20)21)9-2-10-18(16)14(19)8-5-12-3-6-13(17)7-4-12/h3-4,6-7H,2,5,8-11H2,1H3,(H,20,21). The highest BCUT2D eigenvalue weighted by Gasteiger charge is 2.49. The minimum Gasteiger partial charge on any atom is -0.479 e. The van der Waals surface area contributed by atoms with Gasteiger partial charge in [-0.3, -0.25) is 4.79 Å². The molecule has 5 nitrogen and oxygen atoms in total. The number of carboxylic acid groups (broad SMARTS) is 1. The van der Waals surface area contributed by atoms with Crippen LogP contribution in [0.15, 0.2) is 24.3 Å². The zero-order valence-electron chi connectivity index (χ0n) is 12.5. The van der Waals surface area contributed by atoms with E-state index in [1.54, 1.807) is 12.1 Å². The van der Waals surface area contributed by atoms with Gasteiger partial charge in [-0.1, -0.05) is 23.7 Å². The van der Waals surface area contributed by atoms with Crippen LogP contribution in [-0.2, 0) is 20.7 Å². The van der Waals surface area contributed by atoms with Crippen LogP contribution in [0, 0.1) is 0 Å². The van der Waals surface area contributed by atoms with Gasteiger partial charge in [0.1, 0.15) is 0 Å². The molecule has 1 fully saturated rings. The number of rotatable bonds is 6. The lowest BCUT2D eigenvalue weighted by molar-refractivity contribution is -0.160. The van der Waals surface area contributed by atoms with Crippen LogP contribution < -0.4 is 0 Å². The lowest BCUT2D eigenvalue weighted by Gasteiger charge is -2.34. The van der Waals surface area contributed by atoms with Gasteiger partial charge in [0.15, 0.2) is 5.54 Å². The number of aryl methyl sites for hydroxylation is 1. The van der Waals surface area contributed by atoms with Gasteiger partial charge in [0.25, 0.3) is 0 Å². The summed E-state index contributed by atoms with van der Waals surface area (Å²) in [7, 11) is 1.46. The molecular formula is C16H20ClNO4. The first kappa shape index (κ1) is 16.8. The lowest BCUT2D eigenvalue weighted by Crippen LogP contribution is -2.56. The van der Waals surface area contributed by atoms with Gasteiger partial charge in [-0.15, -0.1) is 0 Å². The third kappa shape index (κ3) is 3.42. The molecule has 1 aromatic rings. The van der Waals surface area contributed by atoms with E-state index in [9.17, 15) is 14.7 Å². The van der Waals surface area contributed by atoms with E-state index in [0.29, 0.717) is 30.8 Å². The molecule has 1 aromatic carbocycles. The zero-order chi connectivity index (χ0) is 16.2. The summed E-state index contributed by atoms with van der Waals surface area (Å²) >= 11 is 5.83. The van der Waals surface area contributed by atoms with Crippen molar-refractivity contribution < 1.29 is 19.4 Å². The smallest absolute Gasteiger partial charge is 0.332 e. The van der Waals surface area contributed by atoms with E-state index in [-0.39, 0.29) is 18.9 Å². The second-order valence-electron chi connectivity index (χ2n) is 5.55. The molecule has 0 saturated carbocycles. The summed E-state index contributed by atoms with van der Waals surface area (Å²) in [6, 6.07) is 7.31. The number of likely N-dealkylation sites (tertiary alicyclic amines) is 1. The Balaban J connectivity index is 2.04. The Morgan fingerprint density at radius 1 is 1.36 bits per heavy atom. The number of aliphatic carboxylic acids is 1. The van der Waals surface area contributed by atoms with Gasteiger partial charge in [-0.25, -0.2) is 4.79 Å². The average Bonchev–Trinajstić information content (AvgIpc) is 2.92. The number of benzene rings is 1. The summed E-state index contributed by atoms with van der Waals surface area (Å²) in [5.74, 6) is -1.14. The maximum Gasteiger partial charge on any atom is 0.332 e. The topological polar surface area (TPSA) is 66.8 Å². The molecule has 0 radical (unpaired) electrons. The largest absolute Gasteiger partial charge is 0.479 e. The number of amides is 1. The average molecular weight is 326 g/mol. The van der Waals surface area contributed by atoms with Crippen molar-refractivity contribution in [1.29, 1.82) is 0 Å². The normalized spacial score (nSPS) is 21.1. The fraction of sp³-hybridized carbons (Fsp3) is 0.500. The van der Waals surface area contributed by atoms with Crippen LogP contribution in [0.4, 0.5) is 0 Å². The Morgan fingerprint density at radius 2 is 2.05 bits per heavy atom. The van der Waals surface area contributed by atoms with Crippen LogP contribution in [0.3, 0.4) is 0 Å². The van der Waals surface area contributed by atoms with Crippen molar-refractivity contribution >= 4 is 23.5 Å². The lowest BCUT2D eigenvalue weighted by atomic mass is 9.96. The van der Waals surface area contributed by atoms with Crippen molar-refractivity contribution in [3.8, 4) is 0 Å². The van der Waals surface area contributed by atoms with Crippen molar-refractivity contribution in [3.05, 3.63) is 34.9 Å². The van der Waals surface area contributed by atoms with Crippen LogP contribution in [0.1, 0.15) is 24.8 Å². The molecule has 6 heteroatoms. The maximum absolute atomic E-state index is 12.5. The molecule has 1 amide bonds. The van der Waals surface area contributed by atoms with Crippen molar-refractivity contribution in [2.75, 3.05) is 20.3 Å². The molecule has 1 atom stereocenters. The van der Waals surface area contributed by atoms with Gasteiger partial charge >= 0.3 is 5.97 Å². The van der Waals surface area contributed by atoms with Gasteiger partial charge < -0.3 is 14.7 Å². The minimum atomic E-state index is -1.22. The van der Waals surface area contributed by atoms with Gasteiger partial charge in [-0.2, -0.15) is 0 Å². The molecule has 0 aliphatic carbocycles. The van der Waals surface area contributed by atoms with E-state index in [1.165, 1.54) is 12.0 Å². The molecule has 1 aliphatic rings. The van der Waals surface area contributed by atoms with E-state index >= 15 is 0 Å². The molecule has 0 aromatic heterocycles. The number of carboxylic acids is 1. The van der Waals surface area contributed by atoms with E-state index in [0.717, 1.165) is 5.56 Å². The number of nitrogens with zero attached hydrogens (tertiary/aromatic N) is 1. The van der Waals surface area contributed by atoms with Crippen molar-refractivity contribution in [2.45, 2.75) is 31.2 Å². The Hall–Kier alpha value is -1.59. The fourth-order valence-electron chi connectivity index (χ4n) is 2.95. The summed E-state index contributed by atoms with van der Waals surface area (Å²) in [4.78, 5) is 25.6. The molecule has 0 bridgehead atoms. The van der Waals surface area contributed by atoms with Crippen LogP contribution in [0.5, 0.6) is 0 Å². The molecule has 0 spiro atoms. The predicted molar refractivity (Wildman–Crippen MR) is 83.0 cm³/mol. The maximum atomic E-state index is 12.5. The quantitative estimate of drug-likeness (QED) is 0.872. The highest BCUT2D eigenvalue weighted by molar-refractivity contribution is 6.30. The zero-order valence-corrected chi connectivity index (χ0v) is 13.3. The number of ether oxygens (including phenoxy) is 1. The van der Waals surface area contributed by atoms with Gasteiger partial charge in [-0.05, 0) is 37.0 Å². The molecule has 2 rings (SSSR count). The predicted octanol–water partition coefficient (Wildman–Crippen LogP) is 2.36. The molecule has 22 heavy (non-hydrogen) atoms. The first-order valence-electron chi connectivity index (χ1n) is 7.27. The summed E-state index contributed by atoms with van der Waals surface area (Å²) in [6.07, 6.45) is 1.96. The van der Waals surface area contributed by atoms with Crippen molar-refractivity contribution in [2.24, 2.45) is 0 Å². The molecule has 120 valence electrons. The monoisotopic (exact) mass is 325 g/mol. The Labute approximate surface area is 134 Å². The SMILES string of the molecule is COCC1(C(=O)O)CCCN1C(=O)CCc1ccc(Cl)cc1. The highest BCUT2D eigenvalue weighted by atomic mass is 35.5. The molecule has 1 aliphatic heterocycles. The molecule has 1 N–H and O–H groups in total. The van der Waals surface area contributed by atoms with E-state index in [4.69, 9.17) is 16.3 Å². The third-order valence-electron chi connectivity index (χ3n) is 4.11. The molecule has 1 unspecified atom stereocenters.